The molecule has 0 aromatic heterocycles. The standard InChI is InChI=1S/C12H28OSi.C3H8O.2H2O.Zr/c1-4-7-10-14(13,11-8-5-2)12-9-6-3;1-3(2)4;;;/h13H,4-12H2,1-3H3;3-4H,1-2H3;2*1H2;. The van der Waals surface area contributed by atoms with Crippen LogP contribution in [0.1, 0.15) is 73.1 Å². The first kappa shape index (κ1) is 33.5. The predicted octanol–water partition coefficient (Wildman–Crippen LogP) is 3.06. The zero-order valence-electron chi connectivity index (χ0n) is 14.8. The van der Waals surface area contributed by atoms with Crippen molar-refractivity contribution in [1.29, 1.82) is 0 Å². The molecule has 0 fully saturated rings. The van der Waals surface area contributed by atoms with Crippen molar-refractivity contribution < 1.29 is 47.1 Å². The van der Waals surface area contributed by atoms with Gasteiger partial charge in [0.2, 0.25) is 0 Å². The Balaban J connectivity index is -0.000000108. The van der Waals surface area contributed by atoms with Gasteiger partial charge in [-0.1, -0.05) is 59.3 Å². The van der Waals surface area contributed by atoms with Gasteiger partial charge in [0.1, 0.15) is 0 Å². The molecule has 0 rings (SSSR count). The van der Waals surface area contributed by atoms with Crippen molar-refractivity contribution >= 4 is 8.32 Å². The number of aliphatic hydroxyl groups excluding tert-OH is 1. The number of hydrogen-bond donors (Lipinski definition) is 2. The maximum atomic E-state index is 10.5. The first-order valence-electron chi connectivity index (χ1n) is 7.82. The Morgan fingerprint density at radius 1 is 0.762 bits per heavy atom. The van der Waals surface area contributed by atoms with Crippen molar-refractivity contribution in [3.63, 3.8) is 0 Å². The van der Waals surface area contributed by atoms with Gasteiger partial charge in [-0.15, -0.1) is 0 Å². The van der Waals surface area contributed by atoms with E-state index in [4.69, 9.17) is 5.11 Å². The summed E-state index contributed by atoms with van der Waals surface area (Å²) >= 11 is 0. The summed E-state index contributed by atoms with van der Waals surface area (Å²) in [6.07, 6.45) is 7.22. The largest absolute Gasteiger partial charge is 0.432 e. The van der Waals surface area contributed by atoms with Crippen molar-refractivity contribution in [1.82, 2.24) is 0 Å². The van der Waals surface area contributed by atoms with E-state index in [9.17, 15) is 4.80 Å². The molecule has 6 N–H and O–H groups in total. The topological polar surface area (TPSA) is 103 Å². The summed E-state index contributed by atoms with van der Waals surface area (Å²) in [5, 5.41) is 8.06. The van der Waals surface area contributed by atoms with Crippen LogP contribution < -0.4 is 0 Å². The van der Waals surface area contributed by atoms with Gasteiger partial charge in [-0.2, -0.15) is 0 Å². The fourth-order valence-corrected chi connectivity index (χ4v) is 5.68. The molecule has 4 nitrogen and oxygen atoms in total. The molecule has 6 heteroatoms. The molecule has 0 aromatic rings. The molecular weight excluding hydrogens is 363 g/mol. The number of rotatable bonds is 9. The van der Waals surface area contributed by atoms with Crippen LogP contribution in [-0.4, -0.2) is 35.3 Å². The van der Waals surface area contributed by atoms with Crippen LogP contribution >= 0.6 is 0 Å². The van der Waals surface area contributed by atoms with Crippen LogP contribution in [0.3, 0.4) is 0 Å². The molecule has 0 bridgehead atoms. The molecule has 0 spiro atoms. The minimum Gasteiger partial charge on any atom is -0.432 e. The van der Waals surface area contributed by atoms with Crippen molar-refractivity contribution in [2.75, 3.05) is 0 Å². The van der Waals surface area contributed by atoms with E-state index in [0.29, 0.717) is 0 Å². The van der Waals surface area contributed by atoms with Gasteiger partial charge in [0.15, 0.2) is 8.32 Å². The second-order valence-electron chi connectivity index (χ2n) is 5.63. The Morgan fingerprint density at radius 2 is 0.952 bits per heavy atom. The Labute approximate surface area is 152 Å². The summed E-state index contributed by atoms with van der Waals surface area (Å²) in [5.74, 6) is 0. The molecule has 0 aromatic carbocycles. The molecule has 0 aliphatic heterocycles. The molecule has 0 aliphatic carbocycles. The zero-order valence-corrected chi connectivity index (χ0v) is 18.3. The fraction of sp³-hybridized carbons (Fsp3) is 1.00. The first-order chi connectivity index (χ1) is 8.41. The summed E-state index contributed by atoms with van der Waals surface area (Å²) in [7, 11) is -1.81. The summed E-state index contributed by atoms with van der Waals surface area (Å²) in [6.45, 7) is 10.1. The van der Waals surface area contributed by atoms with Crippen molar-refractivity contribution in [2.45, 2.75) is 97.4 Å². The van der Waals surface area contributed by atoms with E-state index in [-0.39, 0.29) is 43.3 Å². The van der Waals surface area contributed by atoms with Crippen LogP contribution in [0.25, 0.3) is 0 Å². The van der Waals surface area contributed by atoms with E-state index in [2.05, 4.69) is 20.8 Å². The van der Waals surface area contributed by atoms with Crippen LogP contribution in [0.15, 0.2) is 0 Å². The number of unbranched alkanes of at least 4 members (excludes halogenated alkanes) is 3. The monoisotopic (exact) mass is 402 g/mol. The third-order valence-corrected chi connectivity index (χ3v) is 6.84. The maximum absolute atomic E-state index is 10.5. The predicted molar refractivity (Wildman–Crippen MR) is 91.7 cm³/mol. The second kappa shape index (κ2) is 23.2. The molecule has 0 unspecified atom stereocenters. The van der Waals surface area contributed by atoms with Crippen LogP contribution in [0.5, 0.6) is 0 Å². The van der Waals surface area contributed by atoms with Crippen LogP contribution in [0, 0.1) is 0 Å². The van der Waals surface area contributed by atoms with Crippen molar-refractivity contribution in [3.05, 3.63) is 0 Å². The van der Waals surface area contributed by atoms with Gasteiger partial charge in [0, 0.05) is 32.3 Å². The van der Waals surface area contributed by atoms with Gasteiger partial charge in [-0.3, -0.25) is 0 Å². The normalized spacial score (nSPS) is 9.71. The number of aliphatic hydroxyl groups is 1. The number of hydrogen-bond acceptors (Lipinski definition) is 2. The third kappa shape index (κ3) is 29.6. The Kier molecular flexibility index (Phi) is 37.1. The quantitative estimate of drug-likeness (QED) is 0.578. The Hall–Kier alpha value is 0.940. The average Bonchev–Trinajstić information content (AvgIpc) is 2.31. The second-order valence-corrected chi connectivity index (χ2v) is 9.58. The van der Waals surface area contributed by atoms with Gasteiger partial charge in [-0.25, -0.2) is 0 Å². The molecule has 0 heterocycles. The van der Waals surface area contributed by atoms with Crippen LogP contribution in [0.2, 0.25) is 18.1 Å². The summed E-state index contributed by atoms with van der Waals surface area (Å²) in [5.41, 5.74) is 0. The van der Waals surface area contributed by atoms with E-state index in [1.165, 1.54) is 38.5 Å². The molecule has 0 radical (unpaired) electrons. The van der Waals surface area contributed by atoms with E-state index >= 15 is 0 Å². The maximum Gasteiger partial charge on any atom is 0.188 e. The van der Waals surface area contributed by atoms with Crippen molar-refractivity contribution in [3.8, 4) is 0 Å². The average molecular weight is 404 g/mol. The minimum absolute atomic E-state index is 0. The molecule has 0 amide bonds. The molecule has 21 heavy (non-hydrogen) atoms. The smallest absolute Gasteiger partial charge is 0.188 e. The third-order valence-electron chi connectivity index (χ3n) is 2.99. The summed E-state index contributed by atoms with van der Waals surface area (Å²) < 4.78 is 0. The Bertz CT molecular complexity index is 147. The van der Waals surface area contributed by atoms with E-state index in [0.717, 1.165) is 18.1 Å². The van der Waals surface area contributed by atoms with Crippen molar-refractivity contribution in [2.24, 2.45) is 0 Å². The minimum atomic E-state index is -1.81. The Morgan fingerprint density at radius 3 is 1.10 bits per heavy atom. The zero-order chi connectivity index (χ0) is 14.4. The fourth-order valence-electron chi connectivity index (χ4n) is 1.89. The summed E-state index contributed by atoms with van der Waals surface area (Å²) in [4.78, 5) is 10.5. The van der Waals surface area contributed by atoms with Gasteiger partial charge in [0.25, 0.3) is 0 Å². The first-order valence-corrected chi connectivity index (χ1v) is 10.4. The van der Waals surface area contributed by atoms with Crippen LogP contribution in [-0.2, 0) is 26.2 Å². The SMILES string of the molecule is CC(C)O.CCCC[Si](O)(CCCC)CCCC.O.O.[Zr]. The van der Waals surface area contributed by atoms with Gasteiger partial charge in [0.05, 0.1) is 0 Å². The molecule has 0 aliphatic rings. The molecule has 0 saturated carbocycles. The van der Waals surface area contributed by atoms with E-state index in [1.54, 1.807) is 13.8 Å². The van der Waals surface area contributed by atoms with E-state index in [1.807, 2.05) is 0 Å². The molecule has 132 valence electrons. The van der Waals surface area contributed by atoms with Gasteiger partial charge in [-0.05, 0) is 32.0 Å². The van der Waals surface area contributed by atoms with Gasteiger partial charge < -0.3 is 20.9 Å². The molecule has 0 saturated heterocycles. The molecular formula is C15H40O4SiZr. The van der Waals surface area contributed by atoms with Crippen LogP contribution in [0.4, 0.5) is 0 Å². The van der Waals surface area contributed by atoms with Gasteiger partial charge >= 0.3 is 0 Å². The molecule has 0 atom stereocenters. The summed E-state index contributed by atoms with van der Waals surface area (Å²) in [6, 6.07) is 3.43. The van der Waals surface area contributed by atoms with E-state index < -0.39 is 8.32 Å².